The van der Waals surface area contributed by atoms with Gasteiger partial charge >= 0.3 is 6.09 Å². The molecule has 0 saturated heterocycles. The van der Waals surface area contributed by atoms with E-state index in [2.05, 4.69) is 16.0 Å². The zero-order chi connectivity index (χ0) is 18.2. The number of alkyl carbamates (subject to hydrolysis) is 1. The predicted molar refractivity (Wildman–Crippen MR) is 91.4 cm³/mol. The predicted octanol–water partition coefficient (Wildman–Crippen LogP) is 2.18. The van der Waals surface area contributed by atoms with Crippen LogP contribution in [0.2, 0.25) is 0 Å². The summed E-state index contributed by atoms with van der Waals surface area (Å²) in [7, 11) is 0. The van der Waals surface area contributed by atoms with Crippen LogP contribution in [0.1, 0.15) is 39.7 Å². The van der Waals surface area contributed by atoms with Crippen LogP contribution in [0, 0.1) is 0 Å². The van der Waals surface area contributed by atoms with Crippen molar-refractivity contribution in [1.82, 2.24) is 10.6 Å². The SMILES string of the molecule is CCC(=O)Nc1cccc(CNC(=O)CNC(=O)OC(C)(C)C)c1. The highest BCUT2D eigenvalue weighted by atomic mass is 16.6. The van der Waals surface area contributed by atoms with E-state index in [1.165, 1.54) is 0 Å². The normalized spacial score (nSPS) is 10.7. The summed E-state index contributed by atoms with van der Waals surface area (Å²) >= 11 is 0. The van der Waals surface area contributed by atoms with Crippen molar-refractivity contribution in [3.05, 3.63) is 29.8 Å². The smallest absolute Gasteiger partial charge is 0.408 e. The lowest BCUT2D eigenvalue weighted by molar-refractivity contribution is -0.120. The van der Waals surface area contributed by atoms with Gasteiger partial charge in [-0.15, -0.1) is 0 Å². The highest BCUT2D eigenvalue weighted by Gasteiger charge is 2.16. The van der Waals surface area contributed by atoms with Crippen LogP contribution >= 0.6 is 0 Å². The number of anilines is 1. The summed E-state index contributed by atoms with van der Waals surface area (Å²) in [5.74, 6) is -0.401. The standard InChI is InChI=1S/C17H25N3O4/c1-5-14(21)20-13-8-6-7-12(9-13)10-18-15(22)11-19-16(23)24-17(2,3)4/h6-9H,5,10-11H2,1-4H3,(H,18,22)(H,19,23)(H,20,21). The average Bonchev–Trinajstić information content (AvgIpc) is 2.49. The third-order valence-corrected chi connectivity index (χ3v) is 2.81. The van der Waals surface area contributed by atoms with Gasteiger partial charge in [0.1, 0.15) is 12.1 Å². The van der Waals surface area contributed by atoms with Crippen molar-refractivity contribution in [3.8, 4) is 0 Å². The molecule has 1 aromatic carbocycles. The molecule has 24 heavy (non-hydrogen) atoms. The molecule has 7 heteroatoms. The van der Waals surface area contributed by atoms with Crippen molar-refractivity contribution < 1.29 is 19.1 Å². The Labute approximate surface area is 142 Å². The fraction of sp³-hybridized carbons (Fsp3) is 0.471. The zero-order valence-corrected chi connectivity index (χ0v) is 14.6. The van der Waals surface area contributed by atoms with E-state index in [4.69, 9.17) is 4.74 Å². The Morgan fingerprint density at radius 3 is 2.42 bits per heavy atom. The summed E-state index contributed by atoms with van der Waals surface area (Å²) in [4.78, 5) is 34.6. The first-order valence-corrected chi connectivity index (χ1v) is 7.82. The van der Waals surface area contributed by atoms with Crippen LogP contribution in [0.5, 0.6) is 0 Å². The van der Waals surface area contributed by atoms with Crippen molar-refractivity contribution in [2.24, 2.45) is 0 Å². The highest BCUT2D eigenvalue weighted by molar-refractivity contribution is 5.90. The molecule has 0 radical (unpaired) electrons. The Morgan fingerprint density at radius 2 is 1.79 bits per heavy atom. The number of carbonyl (C=O) groups excluding carboxylic acids is 3. The van der Waals surface area contributed by atoms with Gasteiger partial charge in [-0.1, -0.05) is 19.1 Å². The summed E-state index contributed by atoms with van der Waals surface area (Å²) in [5, 5.41) is 7.84. The number of hydrogen-bond donors (Lipinski definition) is 3. The molecule has 3 N–H and O–H groups in total. The molecule has 3 amide bonds. The number of nitrogens with one attached hydrogen (secondary N) is 3. The van der Waals surface area contributed by atoms with Gasteiger partial charge in [0.2, 0.25) is 11.8 Å². The Balaban J connectivity index is 2.40. The van der Waals surface area contributed by atoms with Gasteiger partial charge < -0.3 is 20.7 Å². The average molecular weight is 335 g/mol. The van der Waals surface area contributed by atoms with Gasteiger partial charge in [0, 0.05) is 18.7 Å². The molecule has 0 aliphatic heterocycles. The molecule has 0 spiro atoms. The molecule has 1 aromatic rings. The maximum atomic E-state index is 11.7. The van der Waals surface area contributed by atoms with Gasteiger partial charge in [-0.2, -0.15) is 0 Å². The van der Waals surface area contributed by atoms with E-state index in [1.54, 1.807) is 45.9 Å². The number of ether oxygens (including phenoxy) is 1. The molecule has 0 bridgehead atoms. The third kappa shape index (κ3) is 8.17. The molecule has 0 saturated carbocycles. The van der Waals surface area contributed by atoms with E-state index in [-0.39, 0.29) is 18.4 Å². The molecule has 0 atom stereocenters. The largest absolute Gasteiger partial charge is 0.444 e. The Hall–Kier alpha value is -2.57. The Kier molecular flexibility index (Phi) is 7.23. The maximum absolute atomic E-state index is 11.7. The summed E-state index contributed by atoms with van der Waals surface area (Å²) in [5.41, 5.74) is 0.916. The Morgan fingerprint density at radius 1 is 1.08 bits per heavy atom. The van der Waals surface area contributed by atoms with Crippen LogP contribution in [0.4, 0.5) is 10.5 Å². The minimum Gasteiger partial charge on any atom is -0.444 e. The number of hydrogen-bond acceptors (Lipinski definition) is 4. The van der Waals surface area contributed by atoms with E-state index < -0.39 is 11.7 Å². The fourth-order valence-corrected chi connectivity index (χ4v) is 1.74. The van der Waals surface area contributed by atoms with Gasteiger partial charge in [0.15, 0.2) is 0 Å². The van der Waals surface area contributed by atoms with Gasteiger partial charge in [0.05, 0.1) is 0 Å². The van der Waals surface area contributed by atoms with Crippen molar-refractivity contribution in [2.45, 2.75) is 46.3 Å². The van der Waals surface area contributed by atoms with Gasteiger partial charge in [-0.05, 0) is 38.5 Å². The molecule has 132 valence electrons. The van der Waals surface area contributed by atoms with E-state index in [1.807, 2.05) is 6.07 Å². The van der Waals surface area contributed by atoms with E-state index >= 15 is 0 Å². The number of carbonyl (C=O) groups is 3. The lowest BCUT2D eigenvalue weighted by atomic mass is 10.2. The van der Waals surface area contributed by atoms with Gasteiger partial charge in [-0.25, -0.2) is 4.79 Å². The van der Waals surface area contributed by atoms with Gasteiger partial charge in [-0.3, -0.25) is 9.59 Å². The van der Waals surface area contributed by atoms with Crippen molar-refractivity contribution in [3.63, 3.8) is 0 Å². The molecule has 0 aliphatic carbocycles. The van der Waals surface area contributed by atoms with Gasteiger partial charge in [0.25, 0.3) is 0 Å². The highest BCUT2D eigenvalue weighted by Crippen LogP contribution is 2.11. The molecule has 0 aliphatic rings. The molecular weight excluding hydrogens is 310 g/mol. The second kappa shape index (κ2) is 8.90. The maximum Gasteiger partial charge on any atom is 0.408 e. The summed E-state index contributed by atoms with van der Waals surface area (Å²) in [6.07, 6.45) is -0.237. The molecule has 0 fully saturated rings. The van der Waals surface area contributed by atoms with Crippen LogP contribution in [0.15, 0.2) is 24.3 Å². The summed E-state index contributed by atoms with van der Waals surface area (Å²) in [6.45, 7) is 7.15. The lowest BCUT2D eigenvalue weighted by Crippen LogP contribution is -2.39. The second-order valence-corrected chi connectivity index (χ2v) is 6.23. The number of rotatable bonds is 6. The molecule has 1 rings (SSSR count). The first kappa shape index (κ1) is 19.5. The number of amides is 3. The Bertz CT molecular complexity index is 594. The topological polar surface area (TPSA) is 96.5 Å². The molecule has 0 unspecified atom stereocenters. The molecular formula is C17H25N3O4. The quantitative estimate of drug-likeness (QED) is 0.742. The van der Waals surface area contributed by atoms with Crippen LogP contribution in [-0.4, -0.2) is 30.1 Å². The third-order valence-electron chi connectivity index (χ3n) is 2.81. The van der Waals surface area contributed by atoms with Crippen molar-refractivity contribution in [2.75, 3.05) is 11.9 Å². The fourth-order valence-electron chi connectivity index (χ4n) is 1.74. The molecule has 7 nitrogen and oxygen atoms in total. The monoisotopic (exact) mass is 335 g/mol. The van der Waals surface area contributed by atoms with Crippen LogP contribution < -0.4 is 16.0 Å². The summed E-state index contributed by atoms with van der Waals surface area (Å²) < 4.78 is 5.04. The first-order valence-electron chi connectivity index (χ1n) is 7.82. The van der Waals surface area contributed by atoms with E-state index in [0.29, 0.717) is 18.7 Å². The van der Waals surface area contributed by atoms with Crippen molar-refractivity contribution in [1.29, 1.82) is 0 Å². The van der Waals surface area contributed by atoms with Crippen molar-refractivity contribution >= 4 is 23.6 Å². The van der Waals surface area contributed by atoms with Crippen LogP contribution in [-0.2, 0) is 20.9 Å². The lowest BCUT2D eigenvalue weighted by Gasteiger charge is -2.19. The zero-order valence-electron chi connectivity index (χ0n) is 14.6. The molecule has 0 heterocycles. The van der Waals surface area contributed by atoms with E-state index in [0.717, 1.165) is 5.56 Å². The van der Waals surface area contributed by atoms with E-state index in [9.17, 15) is 14.4 Å². The van der Waals surface area contributed by atoms with Crippen LogP contribution in [0.25, 0.3) is 0 Å². The second-order valence-electron chi connectivity index (χ2n) is 6.23. The number of benzene rings is 1. The minimum atomic E-state index is -0.637. The first-order chi connectivity index (χ1) is 11.2. The summed E-state index contributed by atoms with van der Waals surface area (Å²) in [6, 6.07) is 7.20. The minimum absolute atomic E-state index is 0.0715. The van der Waals surface area contributed by atoms with Crippen LogP contribution in [0.3, 0.4) is 0 Å². The molecule has 0 aromatic heterocycles.